The van der Waals surface area contributed by atoms with Gasteiger partial charge in [0, 0.05) is 17.5 Å². The third kappa shape index (κ3) is 2.40. The average molecular weight is 293 g/mol. The largest absolute Gasteiger partial charge is 0.480 e. The predicted molar refractivity (Wildman–Crippen MR) is 81.1 cm³/mol. The molecule has 0 radical (unpaired) electrons. The Morgan fingerprint density at radius 1 is 1.40 bits per heavy atom. The van der Waals surface area contributed by atoms with Crippen molar-refractivity contribution < 1.29 is 9.90 Å². The Balaban J connectivity index is 1.88. The normalized spacial score (nSPS) is 34.7. The molecule has 0 amide bonds. The summed E-state index contributed by atoms with van der Waals surface area (Å²) >= 11 is 1.71. The molecule has 1 saturated carbocycles. The van der Waals surface area contributed by atoms with Crippen LogP contribution in [0.3, 0.4) is 0 Å². The topological polar surface area (TPSA) is 40.5 Å². The van der Waals surface area contributed by atoms with Crippen molar-refractivity contribution in [2.75, 3.05) is 6.54 Å². The maximum Gasteiger partial charge on any atom is 0.325 e. The molecule has 2 heterocycles. The van der Waals surface area contributed by atoms with Gasteiger partial charge in [-0.15, -0.1) is 11.3 Å². The van der Waals surface area contributed by atoms with Gasteiger partial charge in [0.05, 0.1) is 0 Å². The van der Waals surface area contributed by atoms with E-state index in [1.165, 1.54) is 17.7 Å². The minimum absolute atomic E-state index is 0.425. The van der Waals surface area contributed by atoms with Gasteiger partial charge in [0.2, 0.25) is 0 Å². The third-order valence-corrected chi connectivity index (χ3v) is 6.05. The summed E-state index contributed by atoms with van der Waals surface area (Å²) < 4.78 is 0. The number of carboxylic acid groups (broad SMARTS) is 1. The molecule has 4 atom stereocenters. The van der Waals surface area contributed by atoms with Gasteiger partial charge in [-0.3, -0.25) is 9.69 Å². The molecule has 1 N–H and O–H groups in total. The first-order valence-electron chi connectivity index (χ1n) is 7.62. The molecule has 110 valence electrons. The molecule has 0 saturated heterocycles. The van der Waals surface area contributed by atoms with Crippen LogP contribution in [0.1, 0.15) is 49.6 Å². The molecule has 4 heteroatoms. The molecule has 20 heavy (non-hydrogen) atoms. The van der Waals surface area contributed by atoms with Crippen LogP contribution in [-0.4, -0.2) is 28.6 Å². The van der Waals surface area contributed by atoms with Crippen molar-refractivity contribution in [3.8, 4) is 0 Å². The van der Waals surface area contributed by atoms with Crippen LogP contribution in [0.5, 0.6) is 0 Å². The molecule has 3 rings (SSSR count). The Morgan fingerprint density at radius 2 is 2.20 bits per heavy atom. The molecule has 0 aromatic carbocycles. The second-order valence-corrected chi connectivity index (χ2v) is 7.49. The van der Waals surface area contributed by atoms with Gasteiger partial charge in [-0.2, -0.15) is 0 Å². The highest BCUT2D eigenvalue weighted by atomic mass is 32.1. The standard InChI is InChI=1S/C16H23NO2S/c1-10-3-4-13(11(2)9-10)17-7-5-14-12(6-8-20-14)15(17)16(18)19/h6,8,10-11,13,15H,3-5,7,9H2,1-2H3,(H,18,19). The SMILES string of the molecule is CC1CCC(N2CCc3sccc3C2C(=O)O)C(C)C1. The zero-order valence-corrected chi connectivity index (χ0v) is 13.0. The van der Waals surface area contributed by atoms with Crippen LogP contribution in [-0.2, 0) is 11.2 Å². The van der Waals surface area contributed by atoms with E-state index in [1.54, 1.807) is 11.3 Å². The molecule has 1 aromatic heterocycles. The highest BCUT2D eigenvalue weighted by Crippen LogP contribution is 2.40. The van der Waals surface area contributed by atoms with Gasteiger partial charge in [0.25, 0.3) is 0 Å². The minimum Gasteiger partial charge on any atom is -0.480 e. The Kier molecular flexibility index (Phi) is 3.87. The number of rotatable bonds is 2. The lowest BCUT2D eigenvalue weighted by Gasteiger charge is -2.45. The molecule has 4 unspecified atom stereocenters. The van der Waals surface area contributed by atoms with Crippen molar-refractivity contribution >= 4 is 17.3 Å². The van der Waals surface area contributed by atoms with E-state index in [0.717, 1.165) is 30.9 Å². The first-order valence-corrected chi connectivity index (χ1v) is 8.50. The second kappa shape index (κ2) is 5.49. The van der Waals surface area contributed by atoms with Crippen molar-refractivity contribution in [2.45, 2.75) is 51.6 Å². The van der Waals surface area contributed by atoms with Gasteiger partial charge in [0.1, 0.15) is 6.04 Å². The lowest BCUT2D eigenvalue weighted by atomic mass is 9.78. The van der Waals surface area contributed by atoms with Crippen LogP contribution in [0, 0.1) is 11.8 Å². The Labute approximate surface area is 124 Å². The third-order valence-electron chi connectivity index (χ3n) is 5.05. The second-order valence-electron chi connectivity index (χ2n) is 6.49. The van der Waals surface area contributed by atoms with Crippen molar-refractivity contribution in [1.82, 2.24) is 4.90 Å². The summed E-state index contributed by atoms with van der Waals surface area (Å²) in [6, 6.07) is 2.02. The average Bonchev–Trinajstić information content (AvgIpc) is 2.85. The van der Waals surface area contributed by atoms with E-state index >= 15 is 0 Å². The van der Waals surface area contributed by atoms with E-state index < -0.39 is 12.0 Å². The first kappa shape index (κ1) is 14.1. The lowest BCUT2D eigenvalue weighted by molar-refractivity contribution is -0.146. The van der Waals surface area contributed by atoms with E-state index in [4.69, 9.17) is 0 Å². The lowest BCUT2D eigenvalue weighted by Crippen LogP contribution is -2.49. The molecule has 3 nitrogen and oxygen atoms in total. The van der Waals surface area contributed by atoms with Gasteiger partial charge in [0.15, 0.2) is 0 Å². The van der Waals surface area contributed by atoms with E-state index in [1.807, 2.05) is 11.4 Å². The maximum absolute atomic E-state index is 11.8. The molecule has 1 aliphatic carbocycles. The van der Waals surface area contributed by atoms with Crippen molar-refractivity contribution in [3.05, 3.63) is 21.9 Å². The molecule has 0 spiro atoms. The summed E-state index contributed by atoms with van der Waals surface area (Å²) in [6.45, 7) is 5.50. The van der Waals surface area contributed by atoms with Crippen LogP contribution in [0.25, 0.3) is 0 Å². The molecule has 1 aliphatic heterocycles. The highest BCUT2D eigenvalue weighted by Gasteiger charge is 2.40. The predicted octanol–water partition coefficient (Wildman–Crippen LogP) is 3.56. The zero-order chi connectivity index (χ0) is 14.3. The number of carbonyl (C=O) groups is 1. The van der Waals surface area contributed by atoms with Crippen LogP contribution >= 0.6 is 11.3 Å². The van der Waals surface area contributed by atoms with Crippen LogP contribution in [0.4, 0.5) is 0 Å². The fourth-order valence-corrected chi connectivity index (χ4v) is 5.01. The van der Waals surface area contributed by atoms with Gasteiger partial charge in [-0.25, -0.2) is 0 Å². The number of aliphatic carboxylic acids is 1. The van der Waals surface area contributed by atoms with Gasteiger partial charge in [-0.1, -0.05) is 13.8 Å². The number of nitrogens with zero attached hydrogens (tertiary/aromatic N) is 1. The van der Waals surface area contributed by atoms with Crippen LogP contribution in [0.15, 0.2) is 11.4 Å². The van der Waals surface area contributed by atoms with Gasteiger partial charge >= 0.3 is 5.97 Å². The number of thiophene rings is 1. The summed E-state index contributed by atoms with van der Waals surface area (Å²) in [6.07, 6.45) is 4.61. The van der Waals surface area contributed by atoms with Crippen molar-refractivity contribution in [3.63, 3.8) is 0 Å². The summed E-state index contributed by atoms with van der Waals surface area (Å²) in [5.41, 5.74) is 1.04. The van der Waals surface area contributed by atoms with Crippen LogP contribution in [0.2, 0.25) is 0 Å². The summed E-state index contributed by atoms with van der Waals surface area (Å²) in [4.78, 5) is 15.3. The van der Waals surface area contributed by atoms with Crippen molar-refractivity contribution in [1.29, 1.82) is 0 Å². The Hall–Kier alpha value is -0.870. The van der Waals surface area contributed by atoms with E-state index in [2.05, 4.69) is 18.7 Å². The first-order chi connectivity index (χ1) is 9.58. The van der Waals surface area contributed by atoms with E-state index in [-0.39, 0.29) is 0 Å². The quantitative estimate of drug-likeness (QED) is 0.906. The van der Waals surface area contributed by atoms with Gasteiger partial charge in [-0.05, 0) is 54.5 Å². The number of carboxylic acids is 1. The summed E-state index contributed by atoms with van der Waals surface area (Å²) in [5.74, 6) is 0.696. The maximum atomic E-state index is 11.8. The molecule has 1 aromatic rings. The molecule has 0 bridgehead atoms. The van der Waals surface area contributed by atoms with E-state index in [9.17, 15) is 9.90 Å². The summed E-state index contributed by atoms with van der Waals surface area (Å²) in [7, 11) is 0. The minimum atomic E-state index is -0.685. The Morgan fingerprint density at radius 3 is 2.90 bits per heavy atom. The molecular formula is C16H23NO2S. The number of fused-ring (bicyclic) bond motifs is 1. The van der Waals surface area contributed by atoms with Gasteiger partial charge < -0.3 is 5.11 Å². The molecular weight excluding hydrogens is 270 g/mol. The monoisotopic (exact) mass is 293 g/mol. The fraction of sp³-hybridized carbons (Fsp3) is 0.688. The highest BCUT2D eigenvalue weighted by molar-refractivity contribution is 7.10. The summed E-state index contributed by atoms with van der Waals surface area (Å²) in [5, 5.41) is 11.7. The number of hydrogen-bond donors (Lipinski definition) is 1. The molecule has 1 fully saturated rings. The van der Waals surface area contributed by atoms with Crippen LogP contribution < -0.4 is 0 Å². The number of hydrogen-bond acceptors (Lipinski definition) is 3. The zero-order valence-electron chi connectivity index (χ0n) is 12.2. The van der Waals surface area contributed by atoms with Crippen molar-refractivity contribution in [2.24, 2.45) is 11.8 Å². The fourth-order valence-electron chi connectivity index (χ4n) is 4.11. The Bertz CT molecular complexity index is 498. The molecule has 2 aliphatic rings. The van der Waals surface area contributed by atoms with E-state index in [0.29, 0.717) is 12.0 Å². The smallest absolute Gasteiger partial charge is 0.325 e.